The van der Waals surface area contributed by atoms with Crippen molar-refractivity contribution in [3.63, 3.8) is 0 Å². The molecule has 4 rings (SSSR count). The number of ether oxygens (including phenoxy) is 1. The van der Waals surface area contributed by atoms with E-state index in [0.29, 0.717) is 18.0 Å². The molecule has 4 aromatic rings. The predicted molar refractivity (Wildman–Crippen MR) is 107 cm³/mol. The lowest BCUT2D eigenvalue weighted by atomic mass is 10.1. The van der Waals surface area contributed by atoms with Gasteiger partial charge in [0.15, 0.2) is 5.76 Å². The van der Waals surface area contributed by atoms with Gasteiger partial charge in [-0.3, -0.25) is 4.79 Å². The quantitative estimate of drug-likeness (QED) is 0.540. The van der Waals surface area contributed by atoms with Gasteiger partial charge in [-0.05, 0) is 48.9 Å². The van der Waals surface area contributed by atoms with E-state index >= 15 is 0 Å². The summed E-state index contributed by atoms with van der Waals surface area (Å²) in [5.41, 5.74) is 1.89. The third-order valence-electron chi connectivity index (χ3n) is 4.55. The Balaban J connectivity index is 1.46. The van der Waals surface area contributed by atoms with Crippen LogP contribution in [-0.2, 0) is 0 Å². The number of aryl methyl sites for hydroxylation is 1. The minimum absolute atomic E-state index is 0.149. The molecular weight excluding hydrogens is 338 g/mol. The highest BCUT2D eigenvalue weighted by atomic mass is 16.5. The van der Waals surface area contributed by atoms with Gasteiger partial charge in [0.2, 0.25) is 0 Å². The summed E-state index contributed by atoms with van der Waals surface area (Å²) in [6, 6.07) is 21.5. The summed E-state index contributed by atoms with van der Waals surface area (Å²) in [5, 5.41) is 6.08. The largest absolute Gasteiger partial charge is 0.491 e. The van der Waals surface area contributed by atoms with Crippen molar-refractivity contribution in [1.82, 2.24) is 5.32 Å². The normalized spacial score (nSPS) is 12.2. The van der Waals surface area contributed by atoms with Gasteiger partial charge in [0.05, 0.1) is 6.04 Å². The number of rotatable bonds is 5. The fourth-order valence-electron chi connectivity index (χ4n) is 3.10. The fourth-order valence-corrected chi connectivity index (χ4v) is 3.10. The molecule has 0 fully saturated rings. The van der Waals surface area contributed by atoms with Gasteiger partial charge in [0.1, 0.15) is 17.9 Å². The molecule has 0 aliphatic rings. The van der Waals surface area contributed by atoms with Gasteiger partial charge >= 0.3 is 0 Å². The zero-order valence-corrected chi connectivity index (χ0v) is 15.4. The summed E-state index contributed by atoms with van der Waals surface area (Å²) in [6.07, 6.45) is 0. The molecule has 1 amide bonds. The van der Waals surface area contributed by atoms with Crippen LogP contribution in [0.15, 0.2) is 71.1 Å². The standard InChI is InChI=1S/C23H21NO3/c1-15-7-10-18(11-8-15)26-14-16(2)24-23(25)22-13-20-19-6-4-3-5-17(19)9-12-21(20)27-22/h3-13,16H,14H2,1-2H3,(H,24,25)/t16-/m0/s1. The summed E-state index contributed by atoms with van der Waals surface area (Å²) in [4.78, 5) is 12.6. The molecule has 3 aromatic carbocycles. The maximum absolute atomic E-state index is 12.6. The fraction of sp³-hybridized carbons (Fsp3) is 0.174. The number of furan rings is 1. The lowest BCUT2D eigenvalue weighted by Crippen LogP contribution is -2.36. The van der Waals surface area contributed by atoms with Gasteiger partial charge in [-0.25, -0.2) is 0 Å². The Morgan fingerprint density at radius 1 is 1.04 bits per heavy atom. The van der Waals surface area contributed by atoms with E-state index in [1.165, 1.54) is 5.56 Å². The number of fused-ring (bicyclic) bond motifs is 3. The van der Waals surface area contributed by atoms with Crippen molar-refractivity contribution < 1.29 is 13.9 Å². The zero-order chi connectivity index (χ0) is 18.8. The predicted octanol–water partition coefficient (Wildman–Crippen LogP) is 5.09. The third kappa shape index (κ3) is 3.65. The molecule has 0 aliphatic carbocycles. The van der Waals surface area contributed by atoms with E-state index in [1.807, 2.05) is 74.5 Å². The first-order valence-electron chi connectivity index (χ1n) is 9.02. The lowest BCUT2D eigenvalue weighted by Gasteiger charge is -2.14. The van der Waals surface area contributed by atoms with Gasteiger partial charge in [-0.15, -0.1) is 0 Å². The highest BCUT2D eigenvalue weighted by Gasteiger charge is 2.16. The van der Waals surface area contributed by atoms with E-state index in [9.17, 15) is 4.79 Å². The van der Waals surface area contributed by atoms with Crippen LogP contribution in [0.5, 0.6) is 5.75 Å². The number of hydrogen-bond acceptors (Lipinski definition) is 3. The maximum Gasteiger partial charge on any atom is 0.287 e. The van der Waals surface area contributed by atoms with Gasteiger partial charge in [-0.2, -0.15) is 0 Å². The van der Waals surface area contributed by atoms with E-state index in [2.05, 4.69) is 5.32 Å². The van der Waals surface area contributed by atoms with Crippen molar-refractivity contribution in [2.45, 2.75) is 19.9 Å². The van der Waals surface area contributed by atoms with Crippen molar-refractivity contribution in [2.24, 2.45) is 0 Å². The maximum atomic E-state index is 12.6. The van der Waals surface area contributed by atoms with Crippen molar-refractivity contribution in [1.29, 1.82) is 0 Å². The van der Waals surface area contributed by atoms with Crippen LogP contribution in [-0.4, -0.2) is 18.6 Å². The van der Waals surface area contributed by atoms with E-state index in [1.54, 1.807) is 6.07 Å². The second kappa shape index (κ2) is 7.16. The molecule has 0 radical (unpaired) electrons. The first-order valence-corrected chi connectivity index (χ1v) is 9.02. The van der Waals surface area contributed by atoms with Gasteiger partial charge in [-0.1, -0.05) is 48.0 Å². The second-order valence-electron chi connectivity index (χ2n) is 6.81. The summed E-state index contributed by atoms with van der Waals surface area (Å²) in [7, 11) is 0. The number of hydrogen-bond donors (Lipinski definition) is 1. The molecule has 0 unspecified atom stereocenters. The topological polar surface area (TPSA) is 51.5 Å². The van der Waals surface area contributed by atoms with Crippen LogP contribution in [0.4, 0.5) is 0 Å². The number of nitrogens with one attached hydrogen (secondary N) is 1. The molecule has 27 heavy (non-hydrogen) atoms. The second-order valence-corrected chi connectivity index (χ2v) is 6.81. The average Bonchev–Trinajstić information content (AvgIpc) is 3.12. The molecule has 136 valence electrons. The monoisotopic (exact) mass is 359 g/mol. The minimum Gasteiger partial charge on any atom is -0.491 e. The van der Waals surface area contributed by atoms with Crippen LogP contribution in [0.1, 0.15) is 23.0 Å². The molecule has 0 spiro atoms. The molecule has 1 atom stereocenters. The summed E-state index contributed by atoms with van der Waals surface area (Å²) >= 11 is 0. The number of benzene rings is 3. The van der Waals surface area contributed by atoms with Gasteiger partial charge in [0.25, 0.3) is 5.91 Å². The van der Waals surface area contributed by atoms with Crippen molar-refractivity contribution in [3.05, 3.63) is 78.1 Å². The summed E-state index contributed by atoms with van der Waals surface area (Å²) in [5.74, 6) is 0.857. The number of carbonyl (C=O) groups is 1. The van der Waals surface area contributed by atoms with E-state index in [-0.39, 0.29) is 11.9 Å². The Hall–Kier alpha value is -3.27. The summed E-state index contributed by atoms with van der Waals surface area (Å²) in [6.45, 7) is 4.32. The number of amides is 1. The molecule has 0 saturated heterocycles. The molecular formula is C23H21NO3. The molecule has 0 aliphatic heterocycles. The molecule has 1 N–H and O–H groups in total. The third-order valence-corrected chi connectivity index (χ3v) is 4.55. The Morgan fingerprint density at radius 3 is 2.63 bits per heavy atom. The summed E-state index contributed by atoms with van der Waals surface area (Å²) < 4.78 is 11.5. The molecule has 4 nitrogen and oxygen atoms in total. The Morgan fingerprint density at radius 2 is 1.81 bits per heavy atom. The van der Waals surface area contributed by atoms with Crippen LogP contribution < -0.4 is 10.1 Å². The Labute approximate surface area is 157 Å². The smallest absolute Gasteiger partial charge is 0.287 e. The highest BCUT2D eigenvalue weighted by molar-refractivity contribution is 6.08. The van der Waals surface area contributed by atoms with Crippen LogP contribution in [0.3, 0.4) is 0 Å². The Bertz CT molecular complexity index is 1100. The minimum atomic E-state index is -0.240. The van der Waals surface area contributed by atoms with E-state index in [4.69, 9.17) is 9.15 Å². The molecule has 1 heterocycles. The first-order chi connectivity index (χ1) is 13.1. The van der Waals surface area contributed by atoms with Crippen molar-refractivity contribution in [3.8, 4) is 5.75 Å². The van der Waals surface area contributed by atoms with Crippen LogP contribution >= 0.6 is 0 Å². The van der Waals surface area contributed by atoms with Crippen molar-refractivity contribution >= 4 is 27.6 Å². The van der Waals surface area contributed by atoms with Crippen LogP contribution in [0.2, 0.25) is 0 Å². The van der Waals surface area contributed by atoms with Crippen LogP contribution in [0.25, 0.3) is 21.7 Å². The molecule has 0 bridgehead atoms. The van der Waals surface area contributed by atoms with Crippen LogP contribution in [0, 0.1) is 6.92 Å². The number of carbonyl (C=O) groups excluding carboxylic acids is 1. The first kappa shape index (κ1) is 17.2. The zero-order valence-electron chi connectivity index (χ0n) is 15.4. The molecule has 0 saturated carbocycles. The molecule has 1 aromatic heterocycles. The molecule has 4 heteroatoms. The van der Waals surface area contributed by atoms with Gasteiger partial charge < -0.3 is 14.5 Å². The van der Waals surface area contributed by atoms with E-state index < -0.39 is 0 Å². The lowest BCUT2D eigenvalue weighted by molar-refractivity contribution is 0.0901. The van der Waals surface area contributed by atoms with E-state index in [0.717, 1.165) is 21.9 Å². The van der Waals surface area contributed by atoms with Crippen molar-refractivity contribution in [2.75, 3.05) is 6.61 Å². The SMILES string of the molecule is Cc1ccc(OC[C@H](C)NC(=O)c2cc3c(ccc4ccccc43)o2)cc1. The Kier molecular flexibility index (Phi) is 4.55. The van der Waals surface area contributed by atoms with Gasteiger partial charge in [0, 0.05) is 5.39 Å². The highest BCUT2D eigenvalue weighted by Crippen LogP contribution is 2.28. The average molecular weight is 359 g/mol.